The minimum Gasteiger partial charge on any atom is -0.406 e. The number of nitrogens with zero attached hydrogens (tertiary/aromatic N) is 2. The second-order valence-corrected chi connectivity index (χ2v) is 8.64. The van der Waals surface area contributed by atoms with Gasteiger partial charge in [0, 0.05) is 19.1 Å². The molecule has 1 saturated heterocycles. The molecular weight excluding hydrogens is 451 g/mol. The molecule has 184 valence electrons. The van der Waals surface area contributed by atoms with Crippen molar-refractivity contribution >= 4 is 11.8 Å². The maximum absolute atomic E-state index is 13.3. The van der Waals surface area contributed by atoms with E-state index in [0.717, 1.165) is 12.8 Å². The summed E-state index contributed by atoms with van der Waals surface area (Å²) in [4.78, 5) is 28.3. The number of aromatic nitrogens is 1. The van der Waals surface area contributed by atoms with E-state index in [1.807, 2.05) is 23.3 Å². The van der Waals surface area contributed by atoms with Crippen LogP contribution in [0.15, 0.2) is 30.3 Å². The Morgan fingerprint density at radius 1 is 1.24 bits per heavy atom. The van der Waals surface area contributed by atoms with Gasteiger partial charge in [0.05, 0.1) is 30.5 Å². The molecule has 1 aromatic heterocycles. The van der Waals surface area contributed by atoms with E-state index >= 15 is 0 Å². The molecule has 0 saturated carbocycles. The third-order valence-electron chi connectivity index (χ3n) is 6.41. The highest BCUT2D eigenvalue weighted by molar-refractivity contribution is 6.01. The lowest BCUT2D eigenvalue weighted by molar-refractivity contribution is -0.274. The molecule has 1 aromatic carbocycles. The third-order valence-corrected chi connectivity index (χ3v) is 6.41. The number of fused-ring (bicyclic) bond motifs is 1. The number of hydrogen-bond acceptors (Lipinski definition) is 4. The first-order valence-electron chi connectivity index (χ1n) is 11.5. The summed E-state index contributed by atoms with van der Waals surface area (Å²) in [5.41, 5.74) is 2.17. The van der Waals surface area contributed by atoms with E-state index in [1.165, 1.54) is 24.3 Å². The highest BCUT2D eigenvalue weighted by atomic mass is 19.4. The Kier molecular flexibility index (Phi) is 6.88. The van der Waals surface area contributed by atoms with Gasteiger partial charge in [-0.05, 0) is 49.9 Å². The summed E-state index contributed by atoms with van der Waals surface area (Å²) in [7, 11) is 0. The Hall–Kier alpha value is -3.01. The van der Waals surface area contributed by atoms with Gasteiger partial charge in [0.2, 0.25) is 0 Å². The first kappa shape index (κ1) is 24.1. The van der Waals surface area contributed by atoms with E-state index in [9.17, 15) is 22.8 Å². The van der Waals surface area contributed by atoms with Crippen molar-refractivity contribution < 1.29 is 32.2 Å². The van der Waals surface area contributed by atoms with Crippen molar-refractivity contribution in [3.8, 4) is 5.75 Å². The molecule has 2 aromatic rings. The number of benzene rings is 1. The molecule has 2 aliphatic heterocycles. The van der Waals surface area contributed by atoms with Crippen LogP contribution < -0.4 is 10.1 Å². The predicted octanol–water partition coefficient (Wildman–Crippen LogP) is 4.42. The third kappa shape index (κ3) is 5.06. The van der Waals surface area contributed by atoms with Crippen LogP contribution in [0.4, 0.5) is 13.2 Å². The van der Waals surface area contributed by atoms with Crippen molar-refractivity contribution in [2.75, 3.05) is 13.2 Å². The molecule has 1 fully saturated rings. The van der Waals surface area contributed by atoms with Crippen LogP contribution in [0, 0.1) is 0 Å². The lowest BCUT2D eigenvalue weighted by Crippen LogP contribution is -2.35. The predicted molar refractivity (Wildman–Crippen MR) is 117 cm³/mol. The number of carbonyl (C=O) groups excluding carboxylic acids is 2. The van der Waals surface area contributed by atoms with Gasteiger partial charge in [-0.2, -0.15) is 0 Å². The number of carbonyl (C=O) groups is 2. The smallest absolute Gasteiger partial charge is 0.406 e. The fourth-order valence-corrected chi connectivity index (χ4v) is 4.64. The van der Waals surface area contributed by atoms with Crippen LogP contribution in [0.5, 0.6) is 5.75 Å². The Balaban J connectivity index is 1.55. The van der Waals surface area contributed by atoms with Crippen molar-refractivity contribution in [3.63, 3.8) is 0 Å². The summed E-state index contributed by atoms with van der Waals surface area (Å²) < 4.78 is 48.6. The van der Waals surface area contributed by atoms with Gasteiger partial charge < -0.3 is 24.3 Å². The maximum atomic E-state index is 13.3. The van der Waals surface area contributed by atoms with Gasteiger partial charge >= 0.3 is 6.36 Å². The fourth-order valence-electron chi connectivity index (χ4n) is 4.64. The Labute approximate surface area is 195 Å². The van der Waals surface area contributed by atoms with Crippen molar-refractivity contribution in [1.82, 2.24) is 14.8 Å². The summed E-state index contributed by atoms with van der Waals surface area (Å²) in [6.45, 7) is 5.77. The van der Waals surface area contributed by atoms with Crippen LogP contribution in [0.2, 0.25) is 0 Å². The zero-order valence-electron chi connectivity index (χ0n) is 19.2. The van der Waals surface area contributed by atoms with Crippen molar-refractivity contribution in [3.05, 3.63) is 52.8 Å². The fraction of sp³-hybridized carbons (Fsp3) is 0.500. The minimum atomic E-state index is -4.77. The average Bonchev–Trinajstić information content (AvgIpc) is 3.40. The normalized spacial score (nSPS) is 19.0. The Morgan fingerprint density at radius 2 is 1.97 bits per heavy atom. The number of ether oxygens (including phenoxy) is 2. The highest BCUT2D eigenvalue weighted by Gasteiger charge is 2.33. The first-order chi connectivity index (χ1) is 16.2. The molecule has 0 spiro atoms. The van der Waals surface area contributed by atoms with Gasteiger partial charge in [0.25, 0.3) is 11.8 Å². The van der Waals surface area contributed by atoms with E-state index in [0.29, 0.717) is 48.6 Å². The highest BCUT2D eigenvalue weighted by Crippen LogP contribution is 2.28. The minimum absolute atomic E-state index is 0.0838. The van der Waals surface area contributed by atoms with Crippen LogP contribution in [0.3, 0.4) is 0 Å². The van der Waals surface area contributed by atoms with Gasteiger partial charge in [-0.15, -0.1) is 13.2 Å². The summed E-state index contributed by atoms with van der Waals surface area (Å²) in [6, 6.07) is 6.81. The molecule has 2 atom stereocenters. The van der Waals surface area contributed by atoms with E-state index in [2.05, 4.69) is 10.1 Å². The Bertz CT molecular complexity index is 1050. The van der Waals surface area contributed by atoms with Gasteiger partial charge in [-0.1, -0.05) is 19.1 Å². The van der Waals surface area contributed by atoms with Crippen molar-refractivity contribution in [2.24, 2.45) is 0 Å². The lowest BCUT2D eigenvalue weighted by Gasteiger charge is -2.24. The SMILES string of the molecule is CC[C@@H](NC(=O)c1cc(C(=O)N2CCCC2C)n2c1COCC2)c1ccc(OC(F)(F)F)cc1. The molecule has 4 rings (SSSR count). The van der Waals surface area contributed by atoms with Gasteiger partial charge in [-0.3, -0.25) is 9.59 Å². The van der Waals surface area contributed by atoms with Gasteiger partial charge in [-0.25, -0.2) is 0 Å². The molecule has 34 heavy (non-hydrogen) atoms. The standard InChI is InChI=1S/C24H28F3N3O4/c1-3-19(16-6-8-17(9-7-16)34-24(25,26)27)28-22(31)18-13-20(30-11-12-33-14-21(18)30)23(32)29-10-4-5-15(29)2/h6-9,13,15,19H,3-5,10-12,14H2,1-2H3,(H,28,31)/t15?,19-/m1/s1. The van der Waals surface area contributed by atoms with Crippen LogP contribution >= 0.6 is 0 Å². The van der Waals surface area contributed by atoms with Gasteiger partial charge in [0.15, 0.2) is 0 Å². The molecule has 2 aliphatic rings. The molecule has 2 amide bonds. The zero-order chi connectivity index (χ0) is 24.5. The van der Waals surface area contributed by atoms with Crippen molar-refractivity contribution in [1.29, 1.82) is 0 Å². The van der Waals surface area contributed by atoms with E-state index < -0.39 is 12.4 Å². The molecule has 3 heterocycles. The molecule has 1 unspecified atom stereocenters. The number of nitrogens with one attached hydrogen (secondary N) is 1. The quantitative estimate of drug-likeness (QED) is 0.666. The van der Waals surface area contributed by atoms with Crippen LogP contribution in [0.25, 0.3) is 0 Å². The van der Waals surface area contributed by atoms with Gasteiger partial charge in [0.1, 0.15) is 11.4 Å². The maximum Gasteiger partial charge on any atom is 0.573 e. The largest absolute Gasteiger partial charge is 0.573 e. The summed E-state index contributed by atoms with van der Waals surface area (Å²) in [5.74, 6) is -0.764. The summed E-state index contributed by atoms with van der Waals surface area (Å²) in [6.07, 6.45) is -2.32. The second kappa shape index (κ2) is 9.69. The summed E-state index contributed by atoms with van der Waals surface area (Å²) in [5, 5.41) is 2.95. The number of rotatable bonds is 6. The van der Waals surface area contributed by atoms with E-state index in [1.54, 1.807) is 6.07 Å². The number of hydrogen-bond donors (Lipinski definition) is 1. The van der Waals surface area contributed by atoms with Crippen LogP contribution in [-0.4, -0.2) is 46.8 Å². The molecule has 0 radical (unpaired) electrons. The summed E-state index contributed by atoms with van der Waals surface area (Å²) >= 11 is 0. The van der Waals surface area contributed by atoms with Crippen molar-refractivity contribution in [2.45, 2.75) is 64.7 Å². The molecule has 0 aliphatic carbocycles. The zero-order valence-corrected chi connectivity index (χ0v) is 19.2. The van der Waals surface area contributed by atoms with Crippen LogP contribution in [-0.2, 0) is 17.9 Å². The number of halogens is 3. The monoisotopic (exact) mass is 479 g/mol. The number of likely N-dealkylation sites (tertiary alicyclic amines) is 1. The molecule has 10 heteroatoms. The molecular formula is C24H28F3N3O4. The number of alkyl halides is 3. The topological polar surface area (TPSA) is 72.8 Å². The molecule has 0 bridgehead atoms. The van der Waals surface area contributed by atoms with E-state index in [4.69, 9.17) is 4.74 Å². The average molecular weight is 479 g/mol. The Morgan fingerprint density at radius 3 is 2.59 bits per heavy atom. The number of amides is 2. The second-order valence-electron chi connectivity index (χ2n) is 8.64. The molecule has 7 nitrogen and oxygen atoms in total. The molecule has 1 N–H and O–H groups in total. The lowest BCUT2D eigenvalue weighted by atomic mass is 10.0. The van der Waals surface area contributed by atoms with E-state index in [-0.39, 0.29) is 30.2 Å². The first-order valence-corrected chi connectivity index (χ1v) is 11.5. The van der Waals surface area contributed by atoms with Crippen LogP contribution in [0.1, 0.15) is 71.3 Å².